The summed E-state index contributed by atoms with van der Waals surface area (Å²) in [4.78, 5) is 22.6. The highest BCUT2D eigenvalue weighted by Gasteiger charge is 2.43. The van der Waals surface area contributed by atoms with Gasteiger partial charge in [-0.3, -0.25) is 4.79 Å². The van der Waals surface area contributed by atoms with Crippen molar-refractivity contribution < 1.29 is 24.5 Å². The minimum Gasteiger partial charge on any atom is -0.488 e. The van der Waals surface area contributed by atoms with Crippen molar-refractivity contribution in [1.82, 2.24) is 0 Å². The molecule has 0 bridgehead atoms. The molecule has 5 nitrogen and oxygen atoms in total. The van der Waals surface area contributed by atoms with Gasteiger partial charge in [0.05, 0.1) is 12.0 Å². The smallest absolute Gasteiger partial charge is 0.335 e. The van der Waals surface area contributed by atoms with E-state index in [1.165, 1.54) is 5.56 Å². The maximum absolute atomic E-state index is 11.4. The van der Waals surface area contributed by atoms with E-state index >= 15 is 0 Å². The number of carboxylic acid groups (broad SMARTS) is 2. The number of ether oxygens (including phenoxy) is 1. The van der Waals surface area contributed by atoms with Gasteiger partial charge in [-0.1, -0.05) is 87.5 Å². The molecule has 0 radical (unpaired) electrons. The van der Waals surface area contributed by atoms with Crippen molar-refractivity contribution in [2.24, 2.45) is 11.3 Å². The summed E-state index contributed by atoms with van der Waals surface area (Å²) in [7, 11) is 0. The van der Waals surface area contributed by atoms with Crippen LogP contribution in [0.25, 0.3) is 6.08 Å². The minimum absolute atomic E-state index is 0.0510. The molecule has 0 spiro atoms. The van der Waals surface area contributed by atoms with Gasteiger partial charge in [0, 0.05) is 5.56 Å². The normalized spacial score (nSPS) is 15.0. The Labute approximate surface area is 243 Å². The van der Waals surface area contributed by atoms with Crippen LogP contribution in [0.1, 0.15) is 91.9 Å². The zero-order chi connectivity index (χ0) is 29.5. The molecule has 5 heteroatoms. The second-order valence-corrected chi connectivity index (χ2v) is 12.5. The topological polar surface area (TPSA) is 83.8 Å². The molecule has 0 aliphatic heterocycles. The Kier molecular flexibility index (Phi) is 9.69. The van der Waals surface area contributed by atoms with Gasteiger partial charge >= 0.3 is 11.9 Å². The van der Waals surface area contributed by atoms with Crippen molar-refractivity contribution >= 4 is 18.0 Å². The van der Waals surface area contributed by atoms with Crippen molar-refractivity contribution in [2.75, 3.05) is 0 Å². The number of carbonyl (C=O) groups is 2. The predicted molar refractivity (Wildman–Crippen MR) is 163 cm³/mol. The van der Waals surface area contributed by atoms with Gasteiger partial charge in [-0.05, 0) is 90.2 Å². The third kappa shape index (κ3) is 9.07. The van der Waals surface area contributed by atoms with E-state index in [0.717, 1.165) is 61.0 Å². The third-order valence-electron chi connectivity index (χ3n) is 8.21. The Balaban J connectivity index is 1.44. The van der Waals surface area contributed by atoms with Crippen LogP contribution >= 0.6 is 0 Å². The number of aromatic carboxylic acids is 1. The van der Waals surface area contributed by atoms with Crippen molar-refractivity contribution in [3.63, 3.8) is 0 Å². The molecule has 0 aromatic heterocycles. The monoisotopic (exact) mass is 554 g/mol. The standard InChI is InChI=1S/C36H42O5/c1-35(2,3)31-18-13-28(14-19-31)25-41-32-7-5-4-6-29(32)15-10-27(20-21-36(22-23-36)24-33(37)38)9-8-26-11-16-30(17-12-26)34(39)40/h4-7,10-19,27H,8-9,20-25H2,1-3H3,(H,37,38)(H,39,40)/b15-10+/t27-/m1/s1. The van der Waals surface area contributed by atoms with Crippen molar-refractivity contribution in [3.8, 4) is 5.75 Å². The highest BCUT2D eigenvalue weighted by atomic mass is 16.5. The summed E-state index contributed by atoms with van der Waals surface area (Å²) < 4.78 is 6.24. The van der Waals surface area contributed by atoms with Crippen molar-refractivity contribution in [3.05, 3.63) is 107 Å². The highest BCUT2D eigenvalue weighted by molar-refractivity contribution is 5.87. The van der Waals surface area contributed by atoms with E-state index in [4.69, 9.17) is 4.74 Å². The van der Waals surface area contributed by atoms with Crippen LogP contribution in [0.4, 0.5) is 0 Å². The van der Waals surface area contributed by atoms with E-state index in [0.29, 0.717) is 6.61 Å². The first-order chi connectivity index (χ1) is 19.5. The summed E-state index contributed by atoms with van der Waals surface area (Å²) in [6, 6.07) is 23.7. The summed E-state index contributed by atoms with van der Waals surface area (Å²) >= 11 is 0. The molecule has 1 aliphatic rings. The Morgan fingerprint density at radius 2 is 1.56 bits per heavy atom. The number of aryl methyl sites for hydroxylation is 1. The molecular formula is C36H42O5. The van der Waals surface area contributed by atoms with Crippen LogP contribution in [0.15, 0.2) is 78.9 Å². The molecule has 3 aromatic rings. The van der Waals surface area contributed by atoms with Gasteiger partial charge in [0.25, 0.3) is 0 Å². The largest absolute Gasteiger partial charge is 0.488 e. The molecular weight excluding hydrogens is 512 g/mol. The second-order valence-electron chi connectivity index (χ2n) is 12.5. The second kappa shape index (κ2) is 13.2. The van der Waals surface area contributed by atoms with E-state index in [9.17, 15) is 19.8 Å². The average Bonchev–Trinajstić information content (AvgIpc) is 3.70. The number of hydrogen-bond acceptors (Lipinski definition) is 3. The van der Waals surface area contributed by atoms with Crippen molar-refractivity contribution in [1.29, 1.82) is 0 Å². The van der Waals surface area contributed by atoms with Crippen LogP contribution < -0.4 is 4.74 Å². The lowest BCUT2D eigenvalue weighted by atomic mass is 9.87. The van der Waals surface area contributed by atoms with E-state index < -0.39 is 11.9 Å². The maximum atomic E-state index is 11.4. The number of aliphatic carboxylic acids is 1. The lowest BCUT2D eigenvalue weighted by molar-refractivity contribution is -0.138. The lowest BCUT2D eigenvalue weighted by Gasteiger charge is -2.19. The SMILES string of the molecule is CC(C)(C)c1ccc(COc2ccccc2/C=C/[C@@H](CCc2ccc(C(=O)O)cc2)CCC2(CC(=O)O)CC2)cc1. The molecule has 216 valence electrons. The quantitative estimate of drug-likeness (QED) is 0.209. The lowest BCUT2D eigenvalue weighted by Crippen LogP contribution is -2.11. The fourth-order valence-corrected chi connectivity index (χ4v) is 5.26. The first-order valence-electron chi connectivity index (χ1n) is 14.6. The fraction of sp³-hybridized carbons (Fsp3) is 0.389. The van der Waals surface area contributed by atoms with Gasteiger partial charge in [-0.25, -0.2) is 4.79 Å². The summed E-state index contributed by atoms with van der Waals surface area (Å²) in [5, 5.41) is 18.6. The predicted octanol–water partition coefficient (Wildman–Crippen LogP) is 8.56. The Bertz CT molecular complexity index is 1340. The molecule has 1 saturated carbocycles. The van der Waals surface area contributed by atoms with Gasteiger partial charge in [0.1, 0.15) is 12.4 Å². The number of para-hydroxylation sites is 1. The van der Waals surface area contributed by atoms with Crippen LogP contribution in [-0.2, 0) is 23.2 Å². The molecule has 1 aliphatic carbocycles. The average molecular weight is 555 g/mol. The summed E-state index contributed by atoms with van der Waals surface area (Å²) in [5.41, 5.74) is 4.88. The van der Waals surface area contributed by atoms with Crippen LogP contribution in [0.5, 0.6) is 5.75 Å². The van der Waals surface area contributed by atoms with E-state index in [2.05, 4.69) is 63.3 Å². The summed E-state index contributed by atoms with van der Waals surface area (Å²) in [6.45, 7) is 7.11. The summed E-state index contributed by atoms with van der Waals surface area (Å²) in [5.74, 6) is -0.546. The van der Waals surface area contributed by atoms with E-state index in [1.807, 2.05) is 30.3 Å². The van der Waals surface area contributed by atoms with Gasteiger partial charge in [-0.2, -0.15) is 0 Å². The Morgan fingerprint density at radius 3 is 2.17 bits per heavy atom. The third-order valence-corrected chi connectivity index (χ3v) is 8.21. The van der Waals surface area contributed by atoms with Crippen molar-refractivity contribution in [2.45, 2.75) is 77.7 Å². The number of rotatable bonds is 14. The number of benzene rings is 3. The molecule has 3 aromatic carbocycles. The molecule has 1 atom stereocenters. The molecule has 0 unspecified atom stereocenters. The van der Waals surface area contributed by atoms with Gasteiger partial charge < -0.3 is 14.9 Å². The zero-order valence-electron chi connectivity index (χ0n) is 24.4. The number of carboxylic acids is 2. The first-order valence-corrected chi connectivity index (χ1v) is 14.6. The Hall–Kier alpha value is -3.86. The maximum Gasteiger partial charge on any atom is 0.335 e. The van der Waals surface area contributed by atoms with Gasteiger partial charge in [0.2, 0.25) is 0 Å². The Morgan fingerprint density at radius 1 is 0.902 bits per heavy atom. The molecule has 0 amide bonds. The molecule has 0 heterocycles. The fourth-order valence-electron chi connectivity index (χ4n) is 5.26. The van der Waals surface area contributed by atoms with E-state index in [-0.39, 0.29) is 28.7 Å². The van der Waals surface area contributed by atoms with Gasteiger partial charge in [-0.15, -0.1) is 0 Å². The summed E-state index contributed by atoms with van der Waals surface area (Å²) in [6.07, 6.45) is 10.1. The first kappa shape index (κ1) is 30.1. The molecule has 41 heavy (non-hydrogen) atoms. The van der Waals surface area contributed by atoms with E-state index in [1.54, 1.807) is 12.1 Å². The molecule has 2 N–H and O–H groups in total. The number of hydrogen-bond donors (Lipinski definition) is 2. The molecule has 4 rings (SSSR count). The highest BCUT2D eigenvalue weighted by Crippen LogP contribution is 2.53. The molecule has 0 saturated heterocycles. The van der Waals surface area contributed by atoms with Crippen LogP contribution in [0.2, 0.25) is 0 Å². The molecule has 1 fully saturated rings. The zero-order valence-corrected chi connectivity index (χ0v) is 24.4. The van der Waals surface area contributed by atoms with Gasteiger partial charge in [0.15, 0.2) is 0 Å². The minimum atomic E-state index is -0.923. The van der Waals surface area contributed by atoms with Crippen LogP contribution in [-0.4, -0.2) is 22.2 Å². The van der Waals surface area contributed by atoms with Crippen LogP contribution in [0, 0.1) is 11.3 Å². The van der Waals surface area contributed by atoms with Crippen LogP contribution in [0.3, 0.4) is 0 Å². The number of allylic oxidation sites excluding steroid dienone is 1.